The van der Waals surface area contributed by atoms with Crippen LogP contribution < -0.4 is 19.7 Å². The van der Waals surface area contributed by atoms with Crippen LogP contribution in [0.3, 0.4) is 0 Å². The molecule has 2 amide bonds. The molecule has 1 fully saturated rings. The average molecular weight is 369 g/mol. The number of benzene rings is 1. The van der Waals surface area contributed by atoms with Gasteiger partial charge < -0.3 is 19.7 Å². The van der Waals surface area contributed by atoms with Gasteiger partial charge in [0.15, 0.2) is 0 Å². The zero-order valence-electron chi connectivity index (χ0n) is 15.7. The summed E-state index contributed by atoms with van der Waals surface area (Å²) in [5.41, 5.74) is 2.62. The molecule has 3 rings (SSSR count). The Morgan fingerprint density at radius 1 is 1.26 bits per heavy atom. The largest absolute Gasteiger partial charge is 0.495 e. The van der Waals surface area contributed by atoms with Gasteiger partial charge in [-0.15, -0.1) is 0 Å². The van der Waals surface area contributed by atoms with E-state index in [4.69, 9.17) is 9.47 Å². The molecular weight excluding hydrogens is 346 g/mol. The number of carbonyl (C=O) groups is 2. The minimum atomic E-state index is -0.397. The fourth-order valence-corrected chi connectivity index (χ4v) is 3.13. The molecule has 0 spiro atoms. The van der Waals surface area contributed by atoms with Crippen molar-refractivity contribution >= 4 is 17.5 Å². The van der Waals surface area contributed by atoms with Crippen molar-refractivity contribution in [3.63, 3.8) is 0 Å². The maximum absolute atomic E-state index is 12.5. The third kappa shape index (κ3) is 4.19. The molecule has 27 heavy (non-hydrogen) atoms. The van der Waals surface area contributed by atoms with Gasteiger partial charge in [-0.1, -0.05) is 6.07 Å². The summed E-state index contributed by atoms with van der Waals surface area (Å²) in [5.74, 6) is 0.499. The molecule has 0 aliphatic carbocycles. The van der Waals surface area contributed by atoms with Crippen LogP contribution >= 0.6 is 0 Å². The van der Waals surface area contributed by atoms with E-state index in [-0.39, 0.29) is 18.2 Å². The number of ether oxygens (including phenoxy) is 2. The summed E-state index contributed by atoms with van der Waals surface area (Å²) in [6.07, 6.45) is 1.81. The van der Waals surface area contributed by atoms with Crippen LogP contribution in [0.25, 0.3) is 0 Å². The average Bonchev–Trinajstić information content (AvgIpc) is 3.07. The Morgan fingerprint density at radius 3 is 2.81 bits per heavy atom. The van der Waals surface area contributed by atoms with Gasteiger partial charge in [-0.3, -0.25) is 9.59 Å². The lowest BCUT2D eigenvalue weighted by atomic mass is 10.1. The van der Waals surface area contributed by atoms with Gasteiger partial charge in [0.2, 0.25) is 17.7 Å². The van der Waals surface area contributed by atoms with E-state index >= 15 is 0 Å². The van der Waals surface area contributed by atoms with E-state index in [1.165, 1.54) is 0 Å². The van der Waals surface area contributed by atoms with Crippen LogP contribution in [-0.2, 0) is 16.1 Å². The number of aromatic nitrogens is 1. The molecule has 1 aliphatic heterocycles. The van der Waals surface area contributed by atoms with Crippen LogP contribution in [0.2, 0.25) is 0 Å². The van der Waals surface area contributed by atoms with Crippen LogP contribution in [-0.4, -0.2) is 37.6 Å². The predicted octanol–water partition coefficient (Wildman–Crippen LogP) is 2.08. The van der Waals surface area contributed by atoms with Crippen molar-refractivity contribution < 1.29 is 19.1 Å². The standard InChI is InChI=1S/C20H23N3O4/c1-13-4-5-17(26-2)16(8-13)23-12-15(10-19(23)24)20(25)22-11-14-6-7-21-18(9-14)27-3/h4-9,15H,10-12H2,1-3H3,(H,22,25). The molecule has 1 aromatic heterocycles. The van der Waals surface area contributed by atoms with Crippen molar-refractivity contribution in [1.29, 1.82) is 0 Å². The molecular formula is C20H23N3O4. The van der Waals surface area contributed by atoms with Crippen molar-refractivity contribution in [2.24, 2.45) is 5.92 Å². The lowest BCUT2D eigenvalue weighted by Gasteiger charge is -2.20. The second-order valence-corrected chi connectivity index (χ2v) is 6.50. The van der Waals surface area contributed by atoms with Crippen molar-refractivity contribution in [1.82, 2.24) is 10.3 Å². The molecule has 1 unspecified atom stereocenters. The maximum Gasteiger partial charge on any atom is 0.227 e. The molecule has 1 saturated heterocycles. The summed E-state index contributed by atoms with van der Waals surface area (Å²) in [6.45, 7) is 2.65. The lowest BCUT2D eigenvalue weighted by molar-refractivity contribution is -0.126. The van der Waals surface area contributed by atoms with Crippen molar-refractivity contribution in [2.75, 3.05) is 25.7 Å². The van der Waals surface area contributed by atoms with Crippen LogP contribution in [0, 0.1) is 12.8 Å². The van der Waals surface area contributed by atoms with Crippen LogP contribution in [0.5, 0.6) is 11.6 Å². The van der Waals surface area contributed by atoms with Gasteiger partial charge >= 0.3 is 0 Å². The van der Waals surface area contributed by atoms with Gasteiger partial charge in [0, 0.05) is 31.8 Å². The number of carbonyl (C=O) groups excluding carboxylic acids is 2. The van der Waals surface area contributed by atoms with Gasteiger partial charge in [0.05, 0.1) is 25.8 Å². The molecule has 7 nitrogen and oxygen atoms in total. The molecule has 0 radical (unpaired) electrons. The Balaban J connectivity index is 1.66. The first-order valence-electron chi connectivity index (χ1n) is 8.73. The van der Waals surface area contributed by atoms with Gasteiger partial charge in [0.1, 0.15) is 5.75 Å². The topological polar surface area (TPSA) is 80.8 Å². The van der Waals surface area contributed by atoms with Crippen LogP contribution in [0.1, 0.15) is 17.5 Å². The number of nitrogens with zero attached hydrogens (tertiary/aromatic N) is 2. The normalized spacial score (nSPS) is 16.3. The van der Waals surface area contributed by atoms with E-state index in [1.807, 2.05) is 31.2 Å². The van der Waals surface area contributed by atoms with Gasteiger partial charge in [-0.05, 0) is 36.2 Å². The summed E-state index contributed by atoms with van der Waals surface area (Å²) in [7, 11) is 3.12. The lowest BCUT2D eigenvalue weighted by Crippen LogP contribution is -2.32. The second-order valence-electron chi connectivity index (χ2n) is 6.50. The van der Waals surface area contributed by atoms with Crippen LogP contribution in [0.4, 0.5) is 5.69 Å². The van der Waals surface area contributed by atoms with Crippen LogP contribution in [0.15, 0.2) is 36.5 Å². The van der Waals surface area contributed by atoms with Crippen molar-refractivity contribution in [2.45, 2.75) is 19.9 Å². The molecule has 142 valence electrons. The van der Waals surface area contributed by atoms with Gasteiger partial charge in [0.25, 0.3) is 0 Å². The number of methoxy groups -OCH3 is 2. The number of nitrogens with one attached hydrogen (secondary N) is 1. The smallest absolute Gasteiger partial charge is 0.227 e. The molecule has 1 aliphatic rings. The first-order valence-corrected chi connectivity index (χ1v) is 8.73. The predicted molar refractivity (Wildman–Crippen MR) is 101 cm³/mol. The molecule has 1 aromatic carbocycles. The van der Waals surface area contributed by atoms with Crippen molar-refractivity contribution in [3.05, 3.63) is 47.7 Å². The number of amides is 2. The number of pyridine rings is 1. The molecule has 2 aromatic rings. The van der Waals surface area contributed by atoms with E-state index in [0.717, 1.165) is 11.1 Å². The number of rotatable bonds is 6. The zero-order chi connectivity index (χ0) is 19.4. The minimum absolute atomic E-state index is 0.0790. The fourth-order valence-electron chi connectivity index (χ4n) is 3.13. The fraction of sp³-hybridized carbons (Fsp3) is 0.350. The SMILES string of the molecule is COc1cc(CNC(=O)C2CC(=O)N(c3cc(C)ccc3OC)C2)ccn1. The first kappa shape index (κ1) is 18.7. The van der Waals surface area contributed by atoms with Gasteiger partial charge in [-0.25, -0.2) is 4.98 Å². The number of aryl methyl sites for hydroxylation is 1. The summed E-state index contributed by atoms with van der Waals surface area (Å²) in [6, 6.07) is 9.25. The molecule has 1 atom stereocenters. The van der Waals surface area contributed by atoms with Gasteiger partial charge in [-0.2, -0.15) is 0 Å². The highest BCUT2D eigenvalue weighted by Crippen LogP contribution is 2.33. The van der Waals surface area contributed by atoms with Crippen molar-refractivity contribution in [3.8, 4) is 11.6 Å². The van der Waals surface area contributed by atoms with E-state index in [9.17, 15) is 9.59 Å². The third-order valence-corrected chi connectivity index (χ3v) is 4.60. The summed E-state index contributed by atoms with van der Waals surface area (Å²) < 4.78 is 10.5. The Morgan fingerprint density at radius 2 is 2.07 bits per heavy atom. The van der Waals surface area contributed by atoms with E-state index < -0.39 is 5.92 Å². The Kier molecular flexibility index (Phi) is 5.59. The summed E-state index contributed by atoms with van der Waals surface area (Å²) >= 11 is 0. The highest BCUT2D eigenvalue weighted by molar-refractivity contribution is 6.01. The molecule has 1 N–H and O–H groups in total. The highest BCUT2D eigenvalue weighted by Gasteiger charge is 2.36. The quantitative estimate of drug-likeness (QED) is 0.843. The molecule has 0 bridgehead atoms. The third-order valence-electron chi connectivity index (χ3n) is 4.60. The molecule has 0 saturated carbocycles. The number of anilines is 1. The zero-order valence-corrected chi connectivity index (χ0v) is 15.7. The Hall–Kier alpha value is -3.09. The first-order chi connectivity index (χ1) is 13.0. The number of hydrogen-bond acceptors (Lipinski definition) is 5. The van der Waals surface area contributed by atoms with E-state index in [0.29, 0.717) is 30.4 Å². The maximum atomic E-state index is 12.5. The minimum Gasteiger partial charge on any atom is -0.495 e. The summed E-state index contributed by atoms with van der Waals surface area (Å²) in [4.78, 5) is 30.7. The summed E-state index contributed by atoms with van der Waals surface area (Å²) in [5, 5.41) is 2.89. The molecule has 7 heteroatoms. The van der Waals surface area contributed by atoms with E-state index in [2.05, 4.69) is 10.3 Å². The number of hydrogen-bond donors (Lipinski definition) is 1. The molecule has 2 heterocycles. The Bertz CT molecular complexity index is 853. The van der Waals surface area contributed by atoms with E-state index in [1.54, 1.807) is 31.4 Å². The highest BCUT2D eigenvalue weighted by atomic mass is 16.5. The Labute approximate surface area is 158 Å². The second kappa shape index (κ2) is 8.07. The monoisotopic (exact) mass is 369 g/mol.